The lowest BCUT2D eigenvalue weighted by Crippen LogP contribution is -2.32. The molecule has 0 saturated heterocycles. The molecule has 0 aliphatic heterocycles. The van der Waals surface area contributed by atoms with E-state index in [0.29, 0.717) is 18.2 Å². The van der Waals surface area contributed by atoms with Crippen LogP contribution in [-0.4, -0.2) is 37.8 Å². The van der Waals surface area contributed by atoms with E-state index in [9.17, 15) is 4.79 Å². The molecule has 0 spiro atoms. The summed E-state index contributed by atoms with van der Waals surface area (Å²) in [5.74, 6) is -0.196. The Morgan fingerprint density at radius 2 is 1.78 bits per heavy atom. The van der Waals surface area contributed by atoms with Gasteiger partial charge in [0.25, 0.3) is 0 Å². The predicted molar refractivity (Wildman–Crippen MR) is 88.4 cm³/mol. The minimum absolute atomic E-state index is 0.0153. The highest BCUT2D eigenvalue weighted by atomic mass is 35.5. The smallest absolute Gasteiger partial charge is 0.246 e. The molecule has 1 amide bonds. The first-order chi connectivity index (χ1) is 11.2. The number of carbonyl (C=O) groups is 1. The van der Waals surface area contributed by atoms with Gasteiger partial charge < -0.3 is 14.8 Å². The molecule has 0 unspecified atom stereocenters. The van der Waals surface area contributed by atoms with Crippen molar-refractivity contribution >= 4 is 17.5 Å². The van der Waals surface area contributed by atoms with Crippen molar-refractivity contribution in [2.24, 2.45) is 0 Å². The highest BCUT2D eigenvalue weighted by molar-refractivity contribution is 6.30. The van der Waals surface area contributed by atoms with Crippen molar-refractivity contribution in [2.75, 3.05) is 26.9 Å². The van der Waals surface area contributed by atoms with Crippen molar-refractivity contribution in [3.8, 4) is 0 Å². The van der Waals surface area contributed by atoms with Crippen LogP contribution >= 0.6 is 11.6 Å². The van der Waals surface area contributed by atoms with Gasteiger partial charge in [0.15, 0.2) is 0 Å². The molecular weight excluding hydrogens is 316 g/mol. The second-order valence-electron chi connectivity index (χ2n) is 4.88. The lowest BCUT2D eigenvalue weighted by Gasteiger charge is -2.20. The summed E-state index contributed by atoms with van der Waals surface area (Å²) in [6, 6.07) is 10.8. The third-order valence-electron chi connectivity index (χ3n) is 3.21. The van der Waals surface area contributed by atoms with E-state index in [2.05, 4.69) is 10.3 Å². The summed E-state index contributed by atoms with van der Waals surface area (Å²) in [5, 5.41) is 3.62. The van der Waals surface area contributed by atoms with Crippen molar-refractivity contribution < 1.29 is 14.3 Å². The molecule has 23 heavy (non-hydrogen) atoms. The van der Waals surface area contributed by atoms with Crippen LogP contribution in [0.15, 0.2) is 48.8 Å². The molecule has 0 radical (unpaired) electrons. The second kappa shape index (κ2) is 9.25. The summed E-state index contributed by atoms with van der Waals surface area (Å²) in [4.78, 5) is 16.1. The number of benzene rings is 1. The van der Waals surface area contributed by atoms with Gasteiger partial charge in [-0.15, -0.1) is 0 Å². The van der Waals surface area contributed by atoms with Gasteiger partial charge in [-0.1, -0.05) is 23.7 Å². The Balaban J connectivity index is 2.08. The molecule has 1 aromatic heterocycles. The average molecular weight is 335 g/mol. The van der Waals surface area contributed by atoms with Gasteiger partial charge in [-0.25, -0.2) is 0 Å². The van der Waals surface area contributed by atoms with Crippen LogP contribution in [0, 0.1) is 0 Å². The third kappa shape index (κ3) is 5.63. The van der Waals surface area contributed by atoms with Crippen LogP contribution in [0.5, 0.6) is 0 Å². The maximum Gasteiger partial charge on any atom is 0.246 e. The zero-order valence-corrected chi connectivity index (χ0v) is 13.6. The Morgan fingerprint density at radius 3 is 2.43 bits per heavy atom. The van der Waals surface area contributed by atoms with Gasteiger partial charge in [0, 0.05) is 24.5 Å². The molecule has 0 bridgehead atoms. The van der Waals surface area contributed by atoms with Crippen LogP contribution in [0.1, 0.15) is 17.2 Å². The van der Waals surface area contributed by atoms with E-state index in [0.717, 1.165) is 11.1 Å². The van der Waals surface area contributed by atoms with E-state index in [4.69, 9.17) is 21.1 Å². The number of amides is 1. The van der Waals surface area contributed by atoms with Crippen LogP contribution in [0.25, 0.3) is 0 Å². The molecular formula is C17H19ClN2O3. The summed E-state index contributed by atoms with van der Waals surface area (Å²) in [6.45, 7) is 0.821. The topological polar surface area (TPSA) is 60.5 Å². The monoisotopic (exact) mass is 334 g/mol. The minimum Gasteiger partial charge on any atom is -0.382 e. The van der Waals surface area contributed by atoms with Crippen molar-refractivity contribution in [3.05, 3.63) is 64.9 Å². The molecule has 122 valence electrons. The van der Waals surface area contributed by atoms with Gasteiger partial charge in [-0.2, -0.15) is 0 Å². The molecule has 0 saturated carbocycles. The number of nitrogens with zero attached hydrogens (tertiary/aromatic N) is 1. The van der Waals surface area contributed by atoms with Crippen molar-refractivity contribution in [2.45, 2.75) is 6.04 Å². The number of carbonyl (C=O) groups excluding carboxylic acids is 1. The molecule has 1 aromatic carbocycles. The minimum atomic E-state index is -0.284. The fourth-order valence-electron chi connectivity index (χ4n) is 2.08. The fraction of sp³-hybridized carbons (Fsp3) is 0.294. The largest absolute Gasteiger partial charge is 0.382 e. The number of hydrogen-bond acceptors (Lipinski definition) is 4. The number of hydrogen-bond donors (Lipinski definition) is 1. The number of aromatic nitrogens is 1. The van der Waals surface area contributed by atoms with Crippen molar-refractivity contribution in [1.29, 1.82) is 0 Å². The summed E-state index contributed by atoms with van der Waals surface area (Å²) >= 11 is 5.94. The average Bonchev–Trinajstić information content (AvgIpc) is 2.58. The first kappa shape index (κ1) is 17.4. The molecule has 5 nitrogen and oxygen atoms in total. The normalized spacial score (nSPS) is 11.9. The number of rotatable bonds is 8. The lowest BCUT2D eigenvalue weighted by atomic mass is 10.00. The van der Waals surface area contributed by atoms with Crippen molar-refractivity contribution in [3.63, 3.8) is 0 Å². The fourth-order valence-corrected chi connectivity index (χ4v) is 2.21. The van der Waals surface area contributed by atoms with E-state index in [1.807, 2.05) is 24.3 Å². The summed E-state index contributed by atoms with van der Waals surface area (Å²) < 4.78 is 10.1. The summed E-state index contributed by atoms with van der Waals surface area (Å²) in [5.41, 5.74) is 1.87. The predicted octanol–water partition coefficient (Wildman–Crippen LogP) is 2.60. The van der Waals surface area contributed by atoms with Crippen LogP contribution in [-0.2, 0) is 14.3 Å². The summed E-state index contributed by atoms with van der Waals surface area (Å²) in [7, 11) is 1.59. The van der Waals surface area contributed by atoms with Gasteiger partial charge in [0.2, 0.25) is 5.91 Å². The zero-order chi connectivity index (χ0) is 16.5. The zero-order valence-electron chi connectivity index (χ0n) is 12.9. The quantitative estimate of drug-likeness (QED) is 0.754. The van der Waals surface area contributed by atoms with Crippen LogP contribution in [0.4, 0.5) is 0 Å². The summed E-state index contributed by atoms with van der Waals surface area (Å²) in [6.07, 6.45) is 3.39. The number of nitrogens with one attached hydrogen (secondary N) is 1. The molecule has 0 aliphatic rings. The van der Waals surface area contributed by atoms with E-state index in [1.54, 1.807) is 31.6 Å². The van der Waals surface area contributed by atoms with Crippen LogP contribution in [0.3, 0.4) is 0 Å². The molecule has 0 aliphatic carbocycles. The molecule has 1 N–H and O–H groups in total. The maximum atomic E-state index is 12.1. The molecule has 6 heteroatoms. The molecule has 1 atom stereocenters. The molecule has 0 fully saturated rings. The van der Waals surface area contributed by atoms with E-state index < -0.39 is 0 Å². The van der Waals surface area contributed by atoms with E-state index in [-0.39, 0.29) is 18.6 Å². The number of halogens is 1. The van der Waals surface area contributed by atoms with Gasteiger partial charge >= 0.3 is 0 Å². The highest BCUT2D eigenvalue weighted by Crippen LogP contribution is 2.23. The standard InChI is InChI=1S/C17H19ClN2O3/c1-22-10-11-23-12-16(21)20-17(14-6-8-19-9-7-14)13-2-4-15(18)5-3-13/h2-9,17H,10-12H2,1H3,(H,20,21)/t17-/m1/s1. The van der Waals surface area contributed by atoms with Crippen LogP contribution < -0.4 is 5.32 Å². The first-order valence-electron chi connectivity index (χ1n) is 7.22. The van der Waals surface area contributed by atoms with E-state index >= 15 is 0 Å². The third-order valence-corrected chi connectivity index (χ3v) is 3.47. The second-order valence-corrected chi connectivity index (χ2v) is 5.31. The number of methoxy groups -OCH3 is 1. The van der Waals surface area contributed by atoms with E-state index in [1.165, 1.54) is 0 Å². The molecule has 2 aromatic rings. The van der Waals surface area contributed by atoms with Crippen molar-refractivity contribution in [1.82, 2.24) is 10.3 Å². The molecule has 2 rings (SSSR count). The van der Waals surface area contributed by atoms with Gasteiger partial charge in [-0.05, 0) is 35.4 Å². The Bertz CT molecular complexity index is 605. The SMILES string of the molecule is COCCOCC(=O)N[C@@H](c1ccncc1)c1ccc(Cl)cc1. The van der Waals surface area contributed by atoms with Gasteiger partial charge in [-0.3, -0.25) is 9.78 Å². The Hall–Kier alpha value is -1.95. The highest BCUT2D eigenvalue weighted by Gasteiger charge is 2.16. The maximum absolute atomic E-state index is 12.1. The Labute approximate surface area is 140 Å². The Kier molecular flexibility index (Phi) is 7.00. The van der Waals surface area contributed by atoms with Gasteiger partial charge in [0.05, 0.1) is 19.3 Å². The first-order valence-corrected chi connectivity index (χ1v) is 7.60. The number of ether oxygens (including phenoxy) is 2. The number of pyridine rings is 1. The Morgan fingerprint density at radius 1 is 1.13 bits per heavy atom. The lowest BCUT2D eigenvalue weighted by molar-refractivity contribution is -0.126. The molecule has 1 heterocycles. The van der Waals surface area contributed by atoms with Gasteiger partial charge in [0.1, 0.15) is 6.61 Å². The van der Waals surface area contributed by atoms with Crippen LogP contribution in [0.2, 0.25) is 5.02 Å².